The minimum Gasteiger partial charge on any atom is -0.249 e. The summed E-state index contributed by atoms with van der Waals surface area (Å²) in [6.07, 6.45) is 0.889. The van der Waals surface area contributed by atoms with Crippen molar-refractivity contribution in [3.63, 3.8) is 0 Å². The first-order valence-corrected chi connectivity index (χ1v) is 7.01. The molecule has 2 aromatic carbocycles. The monoisotopic (exact) mass is 262 g/mol. The molecule has 0 radical (unpaired) electrons. The van der Waals surface area contributed by atoms with E-state index in [1.807, 2.05) is 24.3 Å². The van der Waals surface area contributed by atoms with Crippen molar-refractivity contribution >= 4 is 11.0 Å². The molecule has 0 N–H and O–H groups in total. The predicted octanol–water partition coefficient (Wildman–Crippen LogP) is 4.48. The number of fused-ring (bicyclic) bond motifs is 1. The largest absolute Gasteiger partial charge is 0.249 e. The molecule has 0 unspecified atom stereocenters. The number of para-hydroxylation sites is 2. The summed E-state index contributed by atoms with van der Waals surface area (Å²) in [6.45, 7) is 6.37. The summed E-state index contributed by atoms with van der Waals surface area (Å²) in [7, 11) is 0. The summed E-state index contributed by atoms with van der Waals surface area (Å²) in [5.74, 6) is 0. The van der Waals surface area contributed by atoms with Crippen LogP contribution in [0.5, 0.6) is 0 Å². The highest BCUT2D eigenvalue weighted by molar-refractivity contribution is 5.78. The average Bonchev–Trinajstić information content (AvgIpc) is 2.44. The van der Waals surface area contributed by atoms with Crippen LogP contribution in [-0.2, 0) is 6.42 Å². The Bertz CT molecular complexity index is 755. The third kappa shape index (κ3) is 2.29. The molecular weight excluding hydrogens is 244 g/mol. The highest BCUT2D eigenvalue weighted by atomic mass is 14.8. The van der Waals surface area contributed by atoms with E-state index < -0.39 is 0 Å². The topological polar surface area (TPSA) is 25.8 Å². The van der Waals surface area contributed by atoms with Gasteiger partial charge in [-0.05, 0) is 44.5 Å². The zero-order valence-electron chi connectivity index (χ0n) is 12.1. The van der Waals surface area contributed by atoms with Gasteiger partial charge in [0.15, 0.2) is 0 Å². The lowest BCUT2D eigenvalue weighted by molar-refractivity contribution is 1.04. The van der Waals surface area contributed by atoms with Crippen LogP contribution >= 0.6 is 0 Å². The van der Waals surface area contributed by atoms with E-state index in [2.05, 4.69) is 39.0 Å². The van der Waals surface area contributed by atoms with Crippen LogP contribution in [0.3, 0.4) is 0 Å². The first kappa shape index (κ1) is 12.8. The Morgan fingerprint density at radius 3 is 2.05 bits per heavy atom. The number of rotatable bonds is 2. The summed E-state index contributed by atoms with van der Waals surface area (Å²) in [4.78, 5) is 9.60. The summed E-state index contributed by atoms with van der Waals surface area (Å²) in [6, 6.07) is 14.6. The van der Waals surface area contributed by atoms with Crippen LogP contribution in [0.4, 0.5) is 0 Å². The number of nitrogens with zero attached hydrogens (tertiary/aromatic N) is 2. The van der Waals surface area contributed by atoms with Crippen molar-refractivity contribution in [2.75, 3.05) is 0 Å². The van der Waals surface area contributed by atoms with Crippen molar-refractivity contribution in [2.24, 2.45) is 0 Å². The summed E-state index contributed by atoms with van der Waals surface area (Å²) in [5, 5.41) is 0. The van der Waals surface area contributed by atoms with Gasteiger partial charge in [0.1, 0.15) is 0 Å². The zero-order valence-corrected chi connectivity index (χ0v) is 12.1. The Balaban J connectivity index is 2.28. The maximum absolute atomic E-state index is 4.84. The number of hydrogen-bond acceptors (Lipinski definition) is 2. The maximum Gasteiger partial charge on any atom is 0.0925 e. The van der Waals surface area contributed by atoms with Gasteiger partial charge in [0.05, 0.1) is 22.4 Å². The van der Waals surface area contributed by atoms with Gasteiger partial charge in [0.2, 0.25) is 0 Å². The highest BCUT2D eigenvalue weighted by Crippen LogP contribution is 2.25. The first-order valence-electron chi connectivity index (χ1n) is 7.01. The molecule has 3 aromatic rings. The van der Waals surface area contributed by atoms with E-state index in [4.69, 9.17) is 9.97 Å². The first-order chi connectivity index (χ1) is 9.67. The second-order valence-electron chi connectivity index (χ2n) is 5.24. The molecule has 0 aliphatic carbocycles. The van der Waals surface area contributed by atoms with Crippen molar-refractivity contribution in [3.8, 4) is 11.3 Å². The standard InChI is InChI=1S/C18H18N2/c1-4-15-18(14-10-12(2)9-13(3)11-14)20-17-8-6-5-7-16(17)19-15/h5-11H,4H2,1-3H3. The lowest BCUT2D eigenvalue weighted by atomic mass is 10.0. The molecule has 20 heavy (non-hydrogen) atoms. The van der Waals surface area contributed by atoms with Gasteiger partial charge in [-0.2, -0.15) is 0 Å². The van der Waals surface area contributed by atoms with Gasteiger partial charge in [-0.3, -0.25) is 0 Å². The summed E-state index contributed by atoms with van der Waals surface area (Å²) in [5.41, 5.74) is 7.69. The zero-order chi connectivity index (χ0) is 14.1. The summed E-state index contributed by atoms with van der Waals surface area (Å²) >= 11 is 0. The third-order valence-electron chi connectivity index (χ3n) is 3.47. The minimum atomic E-state index is 0.889. The number of aromatic nitrogens is 2. The van der Waals surface area contributed by atoms with E-state index in [9.17, 15) is 0 Å². The Morgan fingerprint density at radius 2 is 1.45 bits per heavy atom. The molecule has 100 valence electrons. The van der Waals surface area contributed by atoms with Crippen LogP contribution in [0, 0.1) is 13.8 Å². The Morgan fingerprint density at radius 1 is 0.850 bits per heavy atom. The number of hydrogen-bond donors (Lipinski definition) is 0. The molecule has 0 saturated carbocycles. The van der Waals surface area contributed by atoms with Gasteiger partial charge in [-0.25, -0.2) is 9.97 Å². The maximum atomic E-state index is 4.84. The second kappa shape index (κ2) is 5.04. The molecule has 0 atom stereocenters. The van der Waals surface area contributed by atoms with E-state index in [0.717, 1.165) is 34.4 Å². The van der Waals surface area contributed by atoms with E-state index >= 15 is 0 Å². The predicted molar refractivity (Wildman–Crippen MR) is 83.8 cm³/mol. The van der Waals surface area contributed by atoms with Crippen LogP contribution in [0.1, 0.15) is 23.7 Å². The molecule has 0 fully saturated rings. The van der Waals surface area contributed by atoms with E-state index in [-0.39, 0.29) is 0 Å². The third-order valence-corrected chi connectivity index (χ3v) is 3.47. The Labute approximate surface area is 119 Å². The fourth-order valence-corrected chi connectivity index (χ4v) is 2.63. The van der Waals surface area contributed by atoms with Crippen LogP contribution < -0.4 is 0 Å². The molecule has 0 aliphatic rings. The van der Waals surface area contributed by atoms with Gasteiger partial charge in [-0.15, -0.1) is 0 Å². The van der Waals surface area contributed by atoms with E-state index in [1.54, 1.807) is 0 Å². The Hall–Kier alpha value is -2.22. The molecule has 0 spiro atoms. The van der Waals surface area contributed by atoms with Crippen LogP contribution in [-0.4, -0.2) is 9.97 Å². The van der Waals surface area contributed by atoms with Crippen molar-refractivity contribution in [1.82, 2.24) is 9.97 Å². The van der Waals surface area contributed by atoms with Crippen LogP contribution in [0.15, 0.2) is 42.5 Å². The summed E-state index contributed by atoms with van der Waals surface area (Å²) < 4.78 is 0. The molecule has 0 saturated heterocycles. The quantitative estimate of drug-likeness (QED) is 0.680. The van der Waals surface area contributed by atoms with Gasteiger partial charge in [0.25, 0.3) is 0 Å². The van der Waals surface area contributed by atoms with Crippen molar-refractivity contribution in [1.29, 1.82) is 0 Å². The van der Waals surface area contributed by atoms with Crippen LogP contribution in [0.25, 0.3) is 22.3 Å². The lowest BCUT2D eigenvalue weighted by Crippen LogP contribution is -1.98. The average molecular weight is 262 g/mol. The molecule has 1 aromatic heterocycles. The highest BCUT2D eigenvalue weighted by Gasteiger charge is 2.10. The van der Waals surface area contributed by atoms with Crippen molar-refractivity contribution < 1.29 is 0 Å². The van der Waals surface area contributed by atoms with E-state index in [1.165, 1.54) is 11.1 Å². The SMILES string of the molecule is CCc1nc2ccccc2nc1-c1cc(C)cc(C)c1. The van der Waals surface area contributed by atoms with Gasteiger partial charge < -0.3 is 0 Å². The molecule has 2 heteroatoms. The fourth-order valence-electron chi connectivity index (χ4n) is 2.63. The normalized spacial score (nSPS) is 10.9. The second-order valence-corrected chi connectivity index (χ2v) is 5.24. The molecule has 0 amide bonds. The fraction of sp³-hybridized carbons (Fsp3) is 0.222. The van der Waals surface area contributed by atoms with Crippen molar-refractivity contribution in [2.45, 2.75) is 27.2 Å². The minimum absolute atomic E-state index is 0.889. The molecule has 3 rings (SSSR count). The van der Waals surface area contributed by atoms with Gasteiger partial charge >= 0.3 is 0 Å². The molecule has 2 nitrogen and oxygen atoms in total. The Kier molecular flexibility index (Phi) is 3.23. The molecule has 0 aliphatic heterocycles. The van der Waals surface area contributed by atoms with Crippen LogP contribution in [0.2, 0.25) is 0 Å². The molecule has 1 heterocycles. The van der Waals surface area contributed by atoms with Gasteiger partial charge in [-0.1, -0.05) is 36.2 Å². The number of aryl methyl sites for hydroxylation is 3. The smallest absolute Gasteiger partial charge is 0.0925 e. The molecular formula is C18H18N2. The molecule has 0 bridgehead atoms. The number of benzene rings is 2. The van der Waals surface area contributed by atoms with Crippen molar-refractivity contribution in [3.05, 3.63) is 59.3 Å². The lowest BCUT2D eigenvalue weighted by Gasteiger charge is -2.10. The van der Waals surface area contributed by atoms with Gasteiger partial charge in [0, 0.05) is 5.56 Å². The van der Waals surface area contributed by atoms with E-state index in [0.29, 0.717) is 0 Å².